The minimum atomic E-state index is 0.461. The highest BCUT2D eigenvalue weighted by Crippen LogP contribution is 2.51. The van der Waals surface area contributed by atoms with Gasteiger partial charge in [0.2, 0.25) is 0 Å². The highest BCUT2D eigenvalue weighted by atomic mass is 14.6. The van der Waals surface area contributed by atoms with Gasteiger partial charge in [-0.15, -0.1) is 0 Å². The van der Waals surface area contributed by atoms with Gasteiger partial charge in [-0.3, -0.25) is 0 Å². The first-order chi connectivity index (χ1) is 51.0. The molecule has 0 aliphatic carbocycles. The molecular formula is C102H71N. The molecular weight excluding hydrogens is 1240 g/mol. The Morgan fingerprint density at radius 2 is 0.417 bits per heavy atom. The van der Waals surface area contributed by atoms with E-state index in [-0.39, 0.29) is 0 Å². The summed E-state index contributed by atoms with van der Waals surface area (Å²) in [7, 11) is 0. The van der Waals surface area contributed by atoms with Crippen LogP contribution in [0.4, 0.5) is 5.69 Å². The average Bonchev–Trinajstić information content (AvgIpc) is 0.740. The van der Waals surface area contributed by atoms with E-state index in [4.69, 9.17) is 6.57 Å². The molecule has 0 amide bonds. The molecule has 0 N–H and O–H groups in total. The minimum Gasteiger partial charge on any atom is -0.238 e. The zero-order valence-corrected chi connectivity index (χ0v) is 57.5. The summed E-state index contributed by atoms with van der Waals surface area (Å²) in [5.74, 6) is 0.461. The highest BCUT2D eigenvalue weighted by molar-refractivity contribution is 6.26. The number of fused-ring (bicyclic) bond motifs is 8. The van der Waals surface area contributed by atoms with E-state index in [1.165, 1.54) is 170 Å². The molecule has 19 aromatic rings. The summed E-state index contributed by atoms with van der Waals surface area (Å²) >= 11 is 0. The van der Waals surface area contributed by atoms with Crippen molar-refractivity contribution in [2.45, 2.75) is 19.8 Å². The number of nitrogens with zero attached hydrogens (tertiary/aromatic N) is 1. The quantitative estimate of drug-likeness (QED) is 0.100. The van der Waals surface area contributed by atoms with E-state index in [9.17, 15) is 0 Å². The molecule has 0 fully saturated rings. The molecule has 0 radical (unpaired) electrons. The van der Waals surface area contributed by atoms with Crippen LogP contribution in [0.15, 0.2) is 388 Å². The Morgan fingerprint density at radius 3 is 0.748 bits per heavy atom. The molecule has 1 nitrogen and oxygen atoms in total. The van der Waals surface area contributed by atoms with Crippen molar-refractivity contribution in [2.75, 3.05) is 0 Å². The van der Waals surface area contributed by atoms with Gasteiger partial charge in [-0.25, -0.2) is 4.85 Å². The molecule has 0 spiro atoms. The first-order valence-corrected chi connectivity index (χ1v) is 35.6. The van der Waals surface area contributed by atoms with Gasteiger partial charge in [0.05, 0.1) is 6.57 Å². The second-order valence-electron chi connectivity index (χ2n) is 26.8. The van der Waals surface area contributed by atoms with Gasteiger partial charge in [-0.05, 0) is 193 Å². The highest BCUT2D eigenvalue weighted by Gasteiger charge is 2.24. The number of hydrogen-bond acceptors (Lipinski definition) is 0. The molecule has 484 valence electrons. The van der Waals surface area contributed by atoms with Crippen molar-refractivity contribution in [3.63, 3.8) is 0 Å². The largest absolute Gasteiger partial charge is 0.238 e. The van der Waals surface area contributed by atoms with Gasteiger partial charge in [0.15, 0.2) is 5.69 Å². The maximum Gasteiger partial charge on any atom is 0.187 e. The van der Waals surface area contributed by atoms with Crippen LogP contribution in [0.3, 0.4) is 0 Å². The summed E-state index contributed by atoms with van der Waals surface area (Å²) in [6.45, 7) is 12.1. The van der Waals surface area contributed by atoms with E-state index < -0.39 is 0 Å². The normalized spacial score (nSPS) is 11.3. The van der Waals surface area contributed by atoms with Crippen molar-refractivity contribution < 1.29 is 0 Å². The van der Waals surface area contributed by atoms with Crippen LogP contribution in [-0.4, -0.2) is 0 Å². The second kappa shape index (κ2) is 27.8. The van der Waals surface area contributed by atoms with Gasteiger partial charge >= 0.3 is 0 Å². The van der Waals surface area contributed by atoms with E-state index in [2.05, 4.69) is 389 Å². The van der Waals surface area contributed by atoms with Gasteiger partial charge in [0.1, 0.15) is 0 Å². The molecule has 0 aromatic heterocycles. The standard InChI is InChI=1S/C37H23N.C36H24.C29H24/c1-38-27-15-10-14-26(24-27)29-17-4-5-18-30(29)36-32-19-6-8-21-34(32)37(35-22-9-7-20-33(35)36)31-23-11-13-25-12-2-3-16-28(25)31;1-2-13-25(14-3-1)27-18-6-7-19-29(27)35-31-20-8-10-22-33(31)36(34-23-11-9-21-32(34)35)30-24-12-16-26-15-4-5-17-28(26)30;1-20(2)28-24-16-8-10-18-26(24)29(27-19-11-9-17-25(27)28)23-15-7-6-14-22(23)21-12-4-3-5-13-21/h2-24H;1-24H;3-20H,1-2H3. The summed E-state index contributed by atoms with van der Waals surface area (Å²) in [6.07, 6.45) is 0. The van der Waals surface area contributed by atoms with Crippen LogP contribution in [0, 0.1) is 6.57 Å². The maximum atomic E-state index is 7.52. The minimum absolute atomic E-state index is 0.461. The van der Waals surface area contributed by atoms with Crippen LogP contribution in [-0.2, 0) is 0 Å². The molecule has 19 rings (SSSR count). The topological polar surface area (TPSA) is 4.36 Å². The lowest BCUT2D eigenvalue weighted by molar-refractivity contribution is 0.885. The lowest BCUT2D eigenvalue weighted by Gasteiger charge is -2.20. The zero-order valence-electron chi connectivity index (χ0n) is 57.5. The zero-order chi connectivity index (χ0) is 69.2. The third-order valence-corrected chi connectivity index (χ3v) is 20.6. The molecule has 0 heterocycles. The predicted molar refractivity (Wildman–Crippen MR) is 443 cm³/mol. The van der Waals surface area contributed by atoms with Crippen LogP contribution < -0.4 is 0 Å². The van der Waals surface area contributed by atoms with Crippen molar-refractivity contribution in [1.29, 1.82) is 0 Å². The van der Waals surface area contributed by atoms with Crippen molar-refractivity contribution >= 4 is 91.9 Å². The maximum absolute atomic E-state index is 7.52. The van der Waals surface area contributed by atoms with Crippen LogP contribution in [0.25, 0.3) is 180 Å². The van der Waals surface area contributed by atoms with Crippen LogP contribution in [0.2, 0.25) is 0 Å². The van der Waals surface area contributed by atoms with Crippen molar-refractivity contribution in [2.24, 2.45) is 0 Å². The smallest absolute Gasteiger partial charge is 0.187 e. The fourth-order valence-corrected chi connectivity index (χ4v) is 16.2. The Bertz CT molecular complexity index is 6290. The predicted octanol–water partition coefficient (Wildman–Crippen LogP) is 29.3. The molecule has 19 aromatic carbocycles. The van der Waals surface area contributed by atoms with Crippen LogP contribution in [0.5, 0.6) is 0 Å². The lowest BCUT2D eigenvalue weighted by atomic mass is 9.83. The molecule has 0 saturated heterocycles. The van der Waals surface area contributed by atoms with Gasteiger partial charge in [-0.1, -0.05) is 396 Å². The summed E-state index contributed by atoms with van der Waals surface area (Å²) in [5, 5.41) is 20.5. The van der Waals surface area contributed by atoms with E-state index in [1.807, 2.05) is 18.2 Å². The number of benzene rings is 19. The average molecular weight is 1310 g/mol. The molecule has 1 heteroatoms. The van der Waals surface area contributed by atoms with E-state index >= 15 is 0 Å². The second-order valence-corrected chi connectivity index (χ2v) is 26.8. The molecule has 0 saturated carbocycles. The Labute approximate surface area is 602 Å². The van der Waals surface area contributed by atoms with E-state index in [0.29, 0.717) is 11.6 Å². The number of hydrogen-bond donors (Lipinski definition) is 0. The molecule has 0 atom stereocenters. The van der Waals surface area contributed by atoms with Gasteiger partial charge < -0.3 is 0 Å². The fraction of sp³-hybridized carbons (Fsp3) is 0.0294. The Morgan fingerprint density at radius 1 is 0.194 bits per heavy atom. The third kappa shape index (κ3) is 11.6. The van der Waals surface area contributed by atoms with Gasteiger partial charge in [-0.2, -0.15) is 0 Å². The Balaban J connectivity index is 0.000000116. The molecule has 0 aliphatic rings. The monoisotopic (exact) mass is 1310 g/mol. The van der Waals surface area contributed by atoms with E-state index in [0.717, 1.165) is 11.1 Å². The Hall–Kier alpha value is -13.3. The van der Waals surface area contributed by atoms with Crippen molar-refractivity contribution in [3.8, 4) is 89.0 Å². The molecule has 0 aliphatic heterocycles. The van der Waals surface area contributed by atoms with Crippen molar-refractivity contribution in [1.82, 2.24) is 0 Å². The van der Waals surface area contributed by atoms with Gasteiger partial charge in [0.25, 0.3) is 0 Å². The SMILES string of the molecule is CC(C)c1c2ccccc2c(-c2ccccc2-c2ccccc2)c2ccccc12.[C-]#[N+]c1cccc(-c2ccccc2-c2c3ccccc3c(-c3cccc4ccccc34)c3ccccc23)c1.c1ccc(-c2ccccc2-c2c3ccccc3c(-c3cccc4ccccc34)c3ccccc23)cc1. The summed E-state index contributed by atoms with van der Waals surface area (Å²) in [5.41, 5.74) is 22.0. The molecule has 0 unspecified atom stereocenters. The molecule has 103 heavy (non-hydrogen) atoms. The third-order valence-electron chi connectivity index (χ3n) is 20.6. The summed E-state index contributed by atoms with van der Waals surface area (Å²) in [4.78, 5) is 3.68. The summed E-state index contributed by atoms with van der Waals surface area (Å²) < 4.78 is 0. The first kappa shape index (κ1) is 63.2. The Kier molecular flexibility index (Phi) is 17.1. The number of rotatable bonds is 9. The van der Waals surface area contributed by atoms with Gasteiger partial charge in [0, 0.05) is 0 Å². The first-order valence-electron chi connectivity index (χ1n) is 35.6. The van der Waals surface area contributed by atoms with E-state index in [1.54, 1.807) is 0 Å². The lowest BCUT2D eigenvalue weighted by Crippen LogP contribution is -1.96. The molecule has 0 bridgehead atoms. The fourth-order valence-electron chi connectivity index (χ4n) is 16.2. The van der Waals surface area contributed by atoms with Crippen molar-refractivity contribution in [3.05, 3.63) is 405 Å². The van der Waals surface area contributed by atoms with Crippen LogP contribution in [0.1, 0.15) is 25.3 Å². The van der Waals surface area contributed by atoms with Crippen LogP contribution >= 0.6 is 0 Å². The summed E-state index contributed by atoms with van der Waals surface area (Å²) in [6, 6.07) is 139.